The van der Waals surface area contributed by atoms with Gasteiger partial charge in [0.1, 0.15) is 0 Å². The van der Waals surface area contributed by atoms with Gasteiger partial charge < -0.3 is 0 Å². The summed E-state index contributed by atoms with van der Waals surface area (Å²) in [5.74, 6) is 0.168. The van der Waals surface area contributed by atoms with Gasteiger partial charge in [0, 0.05) is 5.56 Å². The van der Waals surface area contributed by atoms with Crippen LogP contribution in [0.15, 0.2) is 18.2 Å². The Morgan fingerprint density at radius 3 is 2.73 bits per heavy atom. The molecule has 1 heteroatoms. The van der Waals surface area contributed by atoms with Crippen LogP contribution in [0.2, 0.25) is 0 Å². The molecule has 0 unspecified atom stereocenters. The van der Waals surface area contributed by atoms with Crippen LogP contribution in [0.1, 0.15) is 55.1 Å². The Balaban J connectivity index is 2.50. The third-order valence-electron chi connectivity index (χ3n) is 3.49. The second-order valence-electron chi connectivity index (χ2n) is 5.17. The Kier molecular flexibility index (Phi) is 2.41. The molecular formula is C14H18O. The fraction of sp³-hybridized carbons (Fsp3) is 0.500. The van der Waals surface area contributed by atoms with E-state index in [1.165, 1.54) is 24.0 Å². The predicted molar refractivity (Wildman–Crippen MR) is 62.4 cm³/mol. The number of fused-ring (bicyclic) bond motifs is 1. The van der Waals surface area contributed by atoms with Crippen LogP contribution < -0.4 is 0 Å². The first kappa shape index (κ1) is 10.4. The summed E-state index contributed by atoms with van der Waals surface area (Å²) >= 11 is 0. The van der Waals surface area contributed by atoms with Crippen LogP contribution >= 0.6 is 0 Å². The second kappa shape index (κ2) is 3.48. The van der Waals surface area contributed by atoms with Crippen LogP contribution in [-0.2, 0) is 11.8 Å². The SMILES string of the molecule is CC(=O)c1ccc2c(c1)CCCC2(C)C. The molecule has 0 radical (unpaired) electrons. The third-order valence-corrected chi connectivity index (χ3v) is 3.49. The largest absolute Gasteiger partial charge is 0.295 e. The average molecular weight is 202 g/mol. The number of hydrogen-bond donors (Lipinski definition) is 0. The molecule has 0 aliphatic heterocycles. The van der Waals surface area contributed by atoms with Crippen molar-refractivity contribution in [2.24, 2.45) is 0 Å². The predicted octanol–water partition coefficient (Wildman–Crippen LogP) is 3.50. The molecule has 0 aromatic heterocycles. The summed E-state index contributed by atoms with van der Waals surface area (Å²) in [4.78, 5) is 11.3. The van der Waals surface area contributed by atoms with Gasteiger partial charge in [-0.2, -0.15) is 0 Å². The number of ketones is 1. The second-order valence-corrected chi connectivity index (χ2v) is 5.17. The highest BCUT2D eigenvalue weighted by molar-refractivity contribution is 5.94. The van der Waals surface area contributed by atoms with E-state index < -0.39 is 0 Å². The highest BCUT2D eigenvalue weighted by atomic mass is 16.1. The lowest BCUT2D eigenvalue weighted by atomic mass is 9.72. The van der Waals surface area contributed by atoms with Crippen molar-refractivity contribution in [1.29, 1.82) is 0 Å². The summed E-state index contributed by atoms with van der Waals surface area (Å²) in [6, 6.07) is 6.19. The van der Waals surface area contributed by atoms with Crippen molar-refractivity contribution in [2.45, 2.75) is 45.4 Å². The van der Waals surface area contributed by atoms with Gasteiger partial charge in [0.2, 0.25) is 0 Å². The minimum atomic E-state index is 0.168. The standard InChI is InChI=1S/C14H18O/c1-10(15)11-6-7-13-12(9-11)5-4-8-14(13,2)3/h6-7,9H,4-5,8H2,1-3H3. The molecule has 0 atom stereocenters. The quantitative estimate of drug-likeness (QED) is 0.637. The van der Waals surface area contributed by atoms with Gasteiger partial charge in [-0.05, 0) is 48.8 Å². The van der Waals surface area contributed by atoms with E-state index in [0.717, 1.165) is 12.0 Å². The molecule has 1 aliphatic rings. The molecule has 1 aromatic rings. The Labute approximate surface area is 91.5 Å². The molecule has 0 amide bonds. The summed E-state index contributed by atoms with van der Waals surface area (Å²) in [5.41, 5.74) is 3.94. The van der Waals surface area contributed by atoms with Gasteiger partial charge in [-0.3, -0.25) is 4.79 Å². The number of Topliss-reactive ketones (excluding diaryl/α,β-unsaturated/α-hetero) is 1. The maximum atomic E-state index is 11.3. The van der Waals surface area contributed by atoms with Crippen LogP contribution in [0.5, 0.6) is 0 Å². The lowest BCUT2D eigenvalue weighted by molar-refractivity contribution is 0.101. The van der Waals surface area contributed by atoms with Crippen LogP contribution in [0.3, 0.4) is 0 Å². The highest BCUT2D eigenvalue weighted by Gasteiger charge is 2.27. The van der Waals surface area contributed by atoms with Gasteiger partial charge in [-0.25, -0.2) is 0 Å². The van der Waals surface area contributed by atoms with Crippen LogP contribution in [0.25, 0.3) is 0 Å². The van der Waals surface area contributed by atoms with E-state index >= 15 is 0 Å². The molecule has 0 spiro atoms. The third kappa shape index (κ3) is 1.83. The van der Waals surface area contributed by atoms with Crippen molar-refractivity contribution >= 4 is 5.78 Å². The minimum Gasteiger partial charge on any atom is -0.295 e. The first-order valence-electron chi connectivity index (χ1n) is 5.65. The number of hydrogen-bond acceptors (Lipinski definition) is 1. The zero-order valence-corrected chi connectivity index (χ0v) is 9.76. The van der Waals surface area contributed by atoms with Crippen molar-refractivity contribution in [3.8, 4) is 0 Å². The fourth-order valence-corrected chi connectivity index (χ4v) is 2.54. The van der Waals surface area contributed by atoms with E-state index in [-0.39, 0.29) is 11.2 Å². The Morgan fingerprint density at radius 2 is 2.07 bits per heavy atom. The average Bonchev–Trinajstić information content (AvgIpc) is 2.16. The molecule has 0 N–H and O–H groups in total. The lowest BCUT2D eigenvalue weighted by Gasteiger charge is -2.32. The Hall–Kier alpha value is -1.11. The van der Waals surface area contributed by atoms with Gasteiger partial charge in [0.25, 0.3) is 0 Å². The molecule has 1 aromatic carbocycles. The summed E-state index contributed by atoms with van der Waals surface area (Å²) in [5, 5.41) is 0. The zero-order chi connectivity index (χ0) is 11.1. The summed E-state index contributed by atoms with van der Waals surface area (Å²) in [6.07, 6.45) is 3.61. The molecule has 15 heavy (non-hydrogen) atoms. The molecule has 2 rings (SSSR count). The van der Waals surface area contributed by atoms with Crippen molar-refractivity contribution in [3.63, 3.8) is 0 Å². The summed E-state index contributed by atoms with van der Waals surface area (Å²) < 4.78 is 0. The number of carbonyl (C=O) groups is 1. The first-order chi connectivity index (χ1) is 7.00. The molecule has 0 heterocycles. The number of aryl methyl sites for hydroxylation is 1. The smallest absolute Gasteiger partial charge is 0.159 e. The number of benzene rings is 1. The number of carbonyl (C=O) groups excluding carboxylic acids is 1. The van der Waals surface area contributed by atoms with E-state index in [1.807, 2.05) is 6.07 Å². The Bertz CT molecular complexity index is 402. The van der Waals surface area contributed by atoms with Gasteiger partial charge in [-0.15, -0.1) is 0 Å². The molecule has 1 nitrogen and oxygen atoms in total. The molecule has 0 bridgehead atoms. The highest BCUT2D eigenvalue weighted by Crippen LogP contribution is 2.36. The van der Waals surface area contributed by atoms with Gasteiger partial charge >= 0.3 is 0 Å². The van der Waals surface area contributed by atoms with Crippen molar-refractivity contribution in [1.82, 2.24) is 0 Å². The van der Waals surface area contributed by atoms with Gasteiger partial charge in [0.15, 0.2) is 5.78 Å². The molecule has 0 saturated carbocycles. The van der Waals surface area contributed by atoms with Crippen LogP contribution in [-0.4, -0.2) is 5.78 Å². The summed E-state index contributed by atoms with van der Waals surface area (Å²) in [7, 11) is 0. The normalized spacial score (nSPS) is 18.3. The van der Waals surface area contributed by atoms with E-state index in [4.69, 9.17) is 0 Å². The van der Waals surface area contributed by atoms with Crippen molar-refractivity contribution in [2.75, 3.05) is 0 Å². The van der Waals surface area contributed by atoms with E-state index in [1.54, 1.807) is 6.92 Å². The number of rotatable bonds is 1. The molecule has 80 valence electrons. The van der Waals surface area contributed by atoms with Gasteiger partial charge in [-0.1, -0.05) is 26.0 Å². The molecule has 0 saturated heterocycles. The van der Waals surface area contributed by atoms with Crippen LogP contribution in [0.4, 0.5) is 0 Å². The maximum Gasteiger partial charge on any atom is 0.159 e. The van der Waals surface area contributed by atoms with Gasteiger partial charge in [0.05, 0.1) is 0 Å². The minimum absolute atomic E-state index is 0.168. The zero-order valence-electron chi connectivity index (χ0n) is 9.76. The van der Waals surface area contributed by atoms with Crippen molar-refractivity contribution in [3.05, 3.63) is 34.9 Å². The molecule has 1 aliphatic carbocycles. The van der Waals surface area contributed by atoms with Crippen molar-refractivity contribution < 1.29 is 4.79 Å². The molecule has 0 fully saturated rings. The topological polar surface area (TPSA) is 17.1 Å². The van der Waals surface area contributed by atoms with E-state index in [0.29, 0.717) is 0 Å². The van der Waals surface area contributed by atoms with Crippen LogP contribution in [0, 0.1) is 0 Å². The lowest BCUT2D eigenvalue weighted by Crippen LogP contribution is -2.23. The first-order valence-corrected chi connectivity index (χ1v) is 5.65. The summed E-state index contributed by atoms with van der Waals surface area (Å²) in [6.45, 7) is 6.21. The monoisotopic (exact) mass is 202 g/mol. The Morgan fingerprint density at radius 1 is 1.33 bits per heavy atom. The fourth-order valence-electron chi connectivity index (χ4n) is 2.54. The molecular weight excluding hydrogens is 184 g/mol. The van der Waals surface area contributed by atoms with E-state index in [9.17, 15) is 4.79 Å². The van der Waals surface area contributed by atoms with E-state index in [2.05, 4.69) is 26.0 Å². The maximum absolute atomic E-state index is 11.3.